The van der Waals surface area contributed by atoms with Crippen molar-refractivity contribution < 1.29 is 13.2 Å². The van der Waals surface area contributed by atoms with Crippen LogP contribution in [-0.4, -0.2) is 27.1 Å². The highest BCUT2D eigenvalue weighted by Crippen LogP contribution is 2.32. The molecule has 3 rings (SSSR count). The van der Waals surface area contributed by atoms with Gasteiger partial charge >= 0.3 is 0 Å². The molecule has 0 radical (unpaired) electrons. The standard InChI is InChI=1S/C18H20N2O3S/c1-24(22,23)12-13-5-2-6-14(11-13)18(21)20-10-4-7-15-16(19)8-3-9-17(15)20/h2-3,5-6,8-9,11H,4,7,10,12,19H2,1H3. The number of hydrogen-bond donors (Lipinski definition) is 1. The fraction of sp³-hybridized carbons (Fsp3) is 0.278. The van der Waals surface area contributed by atoms with Crippen LogP contribution >= 0.6 is 0 Å². The monoisotopic (exact) mass is 344 g/mol. The van der Waals surface area contributed by atoms with Crippen LogP contribution in [0.4, 0.5) is 11.4 Å². The lowest BCUT2D eigenvalue weighted by Crippen LogP contribution is -2.35. The topological polar surface area (TPSA) is 80.5 Å². The number of carbonyl (C=O) groups excluding carboxylic acids is 1. The molecule has 1 aliphatic heterocycles. The molecule has 0 saturated carbocycles. The number of rotatable bonds is 3. The number of sulfone groups is 1. The number of fused-ring (bicyclic) bond motifs is 1. The van der Waals surface area contributed by atoms with E-state index in [1.165, 1.54) is 6.26 Å². The Labute approximate surface area is 142 Å². The number of nitrogens with zero attached hydrogens (tertiary/aromatic N) is 1. The average molecular weight is 344 g/mol. The maximum atomic E-state index is 12.9. The van der Waals surface area contributed by atoms with E-state index >= 15 is 0 Å². The molecule has 5 nitrogen and oxygen atoms in total. The van der Waals surface area contributed by atoms with E-state index in [1.807, 2.05) is 18.2 Å². The van der Waals surface area contributed by atoms with Crippen LogP contribution in [0, 0.1) is 0 Å². The molecule has 2 aromatic rings. The van der Waals surface area contributed by atoms with E-state index in [0.29, 0.717) is 23.4 Å². The second kappa shape index (κ2) is 6.28. The van der Waals surface area contributed by atoms with Crippen LogP contribution in [-0.2, 0) is 22.0 Å². The van der Waals surface area contributed by atoms with Gasteiger partial charge in [-0.2, -0.15) is 0 Å². The van der Waals surface area contributed by atoms with Crippen LogP contribution in [0.1, 0.15) is 27.9 Å². The van der Waals surface area contributed by atoms with Crippen LogP contribution in [0.2, 0.25) is 0 Å². The number of nitrogen functional groups attached to an aromatic ring is 1. The van der Waals surface area contributed by atoms with Crippen molar-refractivity contribution in [2.45, 2.75) is 18.6 Å². The number of benzene rings is 2. The lowest BCUT2D eigenvalue weighted by atomic mass is 9.99. The zero-order valence-corrected chi connectivity index (χ0v) is 14.3. The summed E-state index contributed by atoms with van der Waals surface area (Å²) < 4.78 is 23.0. The lowest BCUT2D eigenvalue weighted by molar-refractivity contribution is 0.0985. The summed E-state index contributed by atoms with van der Waals surface area (Å²) in [5.74, 6) is -0.200. The van der Waals surface area contributed by atoms with E-state index in [1.54, 1.807) is 29.2 Å². The zero-order chi connectivity index (χ0) is 17.3. The van der Waals surface area contributed by atoms with Crippen LogP contribution < -0.4 is 10.6 Å². The van der Waals surface area contributed by atoms with Crippen LogP contribution in [0.3, 0.4) is 0 Å². The molecule has 126 valence electrons. The molecule has 6 heteroatoms. The molecule has 0 unspecified atom stereocenters. The normalized spacial score (nSPS) is 14.3. The third kappa shape index (κ3) is 3.43. The van der Waals surface area contributed by atoms with Crippen molar-refractivity contribution in [3.63, 3.8) is 0 Å². The van der Waals surface area contributed by atoms with Crippen molar-refractivity contribution in [2.75, 3.05) is 23.4 Å². The third-order valence-corrected chi connectivity index (χ3v) is 4.99. The summed E-state index contributed by atoms with van der Waals surface area (Å²) in [4.78, 5) is 14.7. The molecule has 0 saturated heterocycles. The summed E-state index contributed by atoms with van der Waals surface area (Å²) in [5, 5.41) is 0. The molecule has 0 bridgehead atoms. The molecule has 1 amide bonds. The number of anilines is 2. The highest BCUT2D eigenvalue weighted by molar-refractivity contribution is 7.89. The molecular weight excluding hydrogens is 324 g/mol. The zero-order valence-electron chi connectivity index (χ0n) is 13.5. The van der Waals surface area contributed by atoms with Gasteiger partial charge in [0.15, 0.2) is 9.84 Å². The summed E-state index contributed by atoms with van der Waals surface area (Å²) in [6, 6.07) is 12.4. The van der Waals surface area contributed by atoms with Crippen LogP contribution in [0.5, 0.6) is 0 Å². The minimum absolute atomic E-state index is 0.0718. The smallest absolute Gasteiger partial charge is 0.258 e. The third-order valence-electron chi connectivity index (χ3n) is 4.13. The summed E-state index contributed by atoms with van der Waals surface area (Å²) in [5.41, 5.74) is 9.70. The average Bonchev–Trinajstić information content (AvgIpc) is 2.53. The van der Waals surface area contributed by atoms with Gasteiger partial charge in [0.25, 0.3) is 5.91 Å². The van der Waals surface area contributed by atoms with Crippen molar-refractivity contribution in [2.24, 2.45) is 0 Å². The van der Waals surface area contributed by atoms with E-state index in [9.17, 15) is 13.2 Å². The van der Waals surface area contributed by atoms with E-state index in [-0.39, 0.29) is 11.7 Å². The van der Waals surface area contributed by atoms with Gasteiger partial charge in [-0.3, -0.25) is 4.79 Å². The Morgan fingerprint density at radius 3 is 2.71 bits per heavy atom. The Balaban J connectivity index is 1.94. The summed E-state index contributed by atoms with van der Waals surface area (Å²) in [6.07, 6.45) is 2.90. The molecule has 0 atom stereocenters. The molecule has 0 fully saturated rings. The fourth-order valence-electron chi connectivity index (χ4n) is 3.12. The first-order valence-electron chi connectivity index (χ1n) is 7.81. The van der Waals surface area contributed by atoms with Gasteiger partial charge < -0.3 is 10.6 Å². The van der Waals surface area contributed by atoms with Gasteiger partial charge in [0, 0.05) is 29.7 Å². The van der Waals surface area contributed by atoms with Crippen molar-refractivity contribution in [3.8, 4) is 0 Å². The first-order valence-corrected chi connectivity index (χ1v) is 9.87. The van der Waals surface area contributed by atoms with E-state index < -0.39 is 9.84 Å². The summed E-state index contributed by atoms with van der Waals surface area (Å²) >= 11 is 0. The fourth-order valence-corrected chi connectivity index (χ4v) is 3.90. The SMILES string of the molecule is CS(=O)(=O)Cc1cccc(C(=O)N2CCCc3c(N)cccc32)c1. The number of carbonyl (C=O) groups is 1. The summed E-state index contributed by atoms with van der Waals surface area (Å²) in [7, 11) is -3.14. The maximum Gasteiger partial charge on any atom is 0.258 e. The molecule has 24 heavy (non-hydrogen) atoms. The molecule has 1 aliphatic rings. The highest BCUT2D eigenvalue weighted by Gasteiger charge is 2.24. The number of hydrogen-bond acceptors (Lipinski definition) is 4. The van der Waals surface area contributed by atoms with E-state index in [0.717, 1.165) is 24.1 Å². The van der Waals surface area contributed by atoms with E-state index in [2.05, 4.69) is 0 Å². The molecule has 0 aliphatic carbocycles. The summed E-state index contributed by atoms with van der Waals surface area (Å²) in [6.45, 7) is 0.631. The quantitative estimate of drug-likeness (QED) is 0.867. The Morgan fingerprint density at radius 1 is 1.21 bits per heavy atom. The first kappa shape index (κ1) is 16.5. The Hall–Kier alpha value is -2.34. The predicted molar refractivity (Wildman–Crippen MR) is 95.8 cm³/mol. The second-order valence-electron chi connectivity index (χ2n) is 6.18. The predicted octanol–water partition coefficient (Wildman–Crippen LogP) is 2.41. The van der Waals surface area contributed by atoms with Crippen molar-refractivity contribution in [3.05, 3.63) is 59.2 Å². The van der Waals surface area contributed by atoms with Crippen molar-refractivity contribution in [1.29, 1.82) is 0 Å². The minimum atomic E-state index is -3.14. The van der Waals surface area contributed by atoms with Gasteiger partial charge in [0.2, 0.25) is 0 Å². The highest BCUT2D eigenvalue weighted by atomic mass is 32.2. The molecule has 2 aromatic carbocycles. The van der Waals surface area contributed by atoms with Gasteiger partial charge in [-0.25, -0.2) is 8.42 Å². The molecule has 2 N–H and O–H groups in total. The van der Waals surface area contributed by atoms with Gasteiger partial charge in [-0.1, -0.05) is 18.2 Å². The Morgan fingerprint density at radius 2 is 1.96 bits per heavy atom. The van der Waals surface area contributed by atoms with Crippen LogP contribution in [0.25, 0.3) is 0 Å². The minimum Gasteiger partial charge on any atom is -0.398 e. The second-order valence-corrected chi connectivity index (χ2v) is 8.32. The maximum absolute atomic E-state index is 12.9. The van der Waals surface area contributed by atoms with Gasteiger partial charge in [-0.15, -0.1) is 0 Å². The number of nitrogens with two attached hydrogens (primary N) is 1. The van der Waals surface area contributed by atoms with Crippen molar-refractivity contribution in [1.82, 2.24) is 0 Å². The lowest BCUT2D eigenvalue weighted by Gasteiger charge is -2.30. The molecule has 0 spiro atoms. The largest absolute Gasteiger partial charge is 0.398 e. The molecular formula is C18H20N2O3S. The van der Waals surface area contributed by atoms with Gasteiger partial charge in [0.1, 0.15) is 0 Å². The number of amides is 1. The first-order chi connectivity index (χ1) is 11.3. The van der Waals surface area contributed by atoms with E-state index in [4.69, 9.17) is 5.73 Å². The molecule has 1 heterocycles. The van der Waals surface area contributed by atoms with Gasteiger partial charge in [-0.05, 0) is 48.2 Å². The van der Waals surface area contributed by atoms with Crippen LogP contribution in [0.15, 0.2) is 42.5 Å². The van der Waals surface area contributed by atoms with Crippen molar-refractivity contribution >= 4 is 27.1 Å². The van der Waals surface area contributed by atoms with Gasteiger partial charge in [0.05, 0.1) is 5.75 Å². The Kier molecular flexibility index (Phi) is 4.32. The Bertz CT molecular complexity index is 891. The molecule has 0 aromatic heterocycles.